The molecule has 1 aliphatic heterocycles. The lowest BCUT2D eigenvalue weighted by Crippen LogP contribution is -2.36. The molecule has 3 atom stereocenters. The number of hydrogen-bond donors (Lipinski definition) is 2. The Hall–Kier alpha value is -1.59. The number of rotatable bonds is 6. The van der Waals surface area contributed by atoms with Gasteiger partial charge in [0.1, 0.15) is 5.75 Å². The van der Waals surface area contributed by atoms with Crippen molar-refractivity contribution in [3.8, 4) is 5.75 Å². The quantitative estimate of drug-likeness (QED) is 0.590. The van der Waals surface area contributed by atoms with Crippen molar-refractivity contribution < 1.29 is 14.6 Å². The monoisotopic (exact) mass is 435 g/mol. The number of aliphatic hydroxyl groups excluding tert-OH is 1. The van der Waals surface area contributed by atoms with Crippen LogP contribution in [0.5, 0.6) is 5.75 Å². The molecule has 1 fully saturated rings. The summed E-state index contributed by atoms with van der Waals surface area (Å²) in [6.07, 6.45) is 1.28. The normalized spacial score (nSPS) is 20.3. The van der Waals surface area contributed by atoms with Crippen LogP contribution in [0, 0.1) is 0 Å². The summed E-state index contributed by atoms with van der Waals surface area (Å²) < 4.78 is 11.5. The zero-order valence-electron chi connectivity index (χ0n) is 19.0. The smallest absolute Gasteiger partial charge is 0.119 e. The van der Waals surface area contributed by atoms with Crippen LogP contribution in [-0.4, -0.2) is 30.5 Å². The van der Waals surface area contributed by atoms with E-state index in [4.69, 9.17) is 26.8 Å². The van der Waals surface area contributed by atoms with Gasteiger partial charge in [-0.15, -0.1) is 0 Å². The van der Waals surface area contributed by atoms with Crippen LogP contribution in [0.3, 0.4) is 0 Å². The third-order valence-corrected chi connectivity index (χ3v) is 5.08. The predicted octanol–water partition coefficient (Wildman–Crippen LogP) is 5.92. The molecule has 1 heterocycles. The molecule has 0 bridgehead atoms. The number of benzene rings is 2. The highest BCUT2D eigenvalue weighted by Gasteiger charge is 2.28. The van der Waals surface area contributed by atoms with E-state index in [0.29, 0.717) is 26.0 Å². The lowest BCUT2D eigenvalue weighted by atomic mass is 9.94. The summed E-state index contributed by atoms with van der Waals surface area (Å²) in [6, 6.07) is 14.0. The molecule has 4 nitrogen and oxygen atoms in total. The Balaban J connectivity index is 0.00000106. The third-order valence-electron chi connectivity index (χ3n) is 4.71. The second-order valence-corrected chi connectivity index (χ2v) is 7.12. The molecule has 3 N–H and O–H groups in total. The fourth-order valence-electron chi connectivity index (χ4n) is 3.38. The minimum atomic E-state index is -0.382. The fourth-order valence-corrected chi connectivity index (χ4v) is 3.56. The first-order chi connectivity index (χ1) is 14.6. The van der Waals surface area contributed by atoms with Crippen molar-refractivity contribution in [1.82, 2.24) is 0 Å². The summed E-state index contributed by atoms with van der Waals surface area (Å²) in [7, 11) is 0. The molecule has 0 radical (unpaired) electrons. The summed E-state index contributed by atoms with van der Waals surface area (Å²) in [5, 5.41) is 10.8. The topological polar surface area (TPSA) is 64.7 Å². The Bertz CT molecular complexity index is 721. The van der Waals surface area contributed by atoms with Gasteiger partial charge in [-0.25, -0.2) is 0 Å². The van der Waals surface area contributed by atoms with Crippen LogP contribution in [-0.2, 0) is 11.2 Å². The summed E-state index contributed by atoms with van der Waals surface area (Å²) in [4.78, 5) is 0. The van der Waals surface area contributed by atoms with Gasteiger partial charge < -0.3 is 20.3 Å². The summed E-state index contributed by atoms with van der Waals surface area (Å²) in [5.74, 6) is 0.869. The van der Waals surface area contributed by atoms with Gasteiger partial charge in [0.25, 0.3) is 0 Å². The molecular formula is C25H38ClNO3. The Morgan fingerprint density at radius 1 is 1.07 bits per heavy atom. The van der Waals surface area contributed by atoms with Crippen LogP contribution >= 0.6 is 11.6 Å². The van der Waals surface area contributed by atoms with E-state index < -0.39 is 0 Å². The number of halogens is 1. The van der Waals surface area contributed by atoms with E-state index in [1.54, 1.807) is 0 Å². The van der Waals surface area contributed by atoms with Crippen LogP contribution in [0.4, 0.5) is 0 Å². The molecule has 0 aliphatic carbocycles. The molecule has 30 heavy (non-hydrogen) atoms. The fraction of sp³-hybridized carbons (Fsp3) is 0.520. The Kier molecular flexibility index (Phi) is 12.7. The van der Waals surface area contributed by atoms with Gasteiger partial charge in [-0.05, 0) is 48.2 Å². The molecule has 1 aliphatic rings. The summed E-state index contributed by atoms with van der Waals surface area (Å²) >= 11 is 6.42. The zero-order valence-corrected chi connectivity index (χ0v) is 19.8. The van der Waals surface area contributed by atoms with Gasteiger partial charge in [0, 0.05) is 24.4 Å². The largest absolute Gasteiger partial charge is 0.494 e. The Morgan fingerprint density at radius 3 is 2.33 bits per heavy atom. The van der Waals surface area contributed by atoms with Gasteiger partial charge in [-0.2, -0.15) is 0 Å². The zero-order chi connectivity index (χ0) is 22.5. The molecule has 168 valence electrons. The standard InChI is InChI=1S/C21H26ClNO3.2C2H6/c1-2-25-18-6-3-14(4-7-18)9-16-10-15(5-8-20(16)22)21-12-17(24)11-19(13-23)26-21;2*1-2/h3-8,10,17,19,21,24H,2,9,11-13,23H2,1H3;2*1-2H3. The SMILES string of the molecule is CC.CC.CCOc1ccc(Cc2cc(C3CC(O)CC(CN)O3)ccc2Cl)cc1. The molecule has 3 unspecified atom stereocenters. The van der Waals surface area contributed by atoms with E-state index in [1.165, 1.54) is 0 Å². The van der Waals surface area contributed by atoms with Crippen molar-refractivity contribution >= 4 is 11.6 Å². The van der Waals surface area contributed by atoms with Crippen molar-refractivity contribution in [3.05, 3.63) is 64.2 Å². The van der Waals surface area contributed by atoms with Crippen LogP contribution in [0.1, 0.15) is 70.3 Å². The first-order valence-electron chi connectivity index (χ1n) is 11.1. The van der Waals surface area contributed by atoms with Crippen molar-refractivity contribution in [1.29, 1.82) is 0 Å². The van der Waals surface area contributed by atoms with Gasteiger partial charge in [0.05, 0.1) is 24.9 Å². The van der Waals surface area contributed by atoms with Gasteiger partial charge in [-0.3, -0.25) is 0 Å². The maximum atomic E-state index is 10.1. The minimum Gasteiger partial charge on any atom is -0.494 e. The van der Waals surface area contributed by atoms with E-state index in [1.807, 2.05) is 58.9 Å². The second-order valence-electron chi connectivity index (χ2n) is 6.71. The minimum absolute atomic E-state index is 0.103. The van der Waals surface area contributed by atoms with Crippen LogP contribution in [0.2, 0.25) is 5.02 Å². The summed E-state index contributed by atoms with van der Waals surface area (Å²) in [6.45, 7) is 11.0. The second kappa shape index (κ2) is 14.4. The molecule has 5 heteroatoms. The van der Waals surface area contributed by atoms with Crippen LogP contribution < -0.4 is 10.5 Å². The highest BCUT2D eigenvalue weighted by Crippen LogP contribution is 2.33. The third kappa shape index (κ3) is 7.92. The maximum Gasteiger partial charge on any atom is 0.119 e. The number of nitrogens with two attached hydrogens (primary N) is 1. The molecule has 2 aromatic rings. The van der Waals surface area contributed by atoms with E-state index in [0.717, 1.165) is 33.9 Å². The predicted molar refractivity (Wildman–Crippen MR) is 126 cm³/mol. The van der Waals surface area contributed by atoms with Crippen molar-refractivity contribution in [2.45, 2.75) is 72.2 Å². The average Bonchev–Trinajstić information content (AvgIpc) is 2.79. The van der Waals surface area contributed by atoms with E-state index >= 15 is 0 Å². The molecule has 0 amide bonds. The molecule has 3 rings (SSSR count). The molecule has 0 saturated carbocycles. The number of ether oxygens (including phenoxy) is 2. The van der Waals surface area contributed by atoms with Crippen LogP contribution in [0.25, 0.3) is 0 Å². The first-order valence-corrected chi connectivity index (χ1v) is 11.5. The Labute approximate surface area is 187 Å². The summed E-state index contributed by atoms with van der Waals surface area (Å²) in [5.41, 5.74) is 8.97. The number of hydrogen-bond acceptors (Lipinski definition) is 4. The van der Waals surface area contributed by atoms with Gasteiger partial charge >= 0.3 is 0 Å². The first kappa shape index (κ1) is 26.4. The molecular weight excluding hydrogens is 398 g/mol. The molecule has 0 spiro atoms. The van der Waals surface area contributed by atoms with Crippen LogP contribution in [0.15, 0.2) is 42.5 Å². The maximum absolute atomic E-state index is 10.1. The van der Waals surface area contributed by atoms with E-state index in [-0.39, 0.29) is 18.3 Å². The molecule has 2 aromatic carbocycles. The van der Waals surface area contributed by atoms with Gasteiger partial charge in [-0.1, -0.05) is 63.6 Å². The lowest BCUT2D eigenvalue weighted by molar-refractivity contribution is -0.0931. The highest BCUT2D eigenvalue weighted by molar-refractivity contribution is 6.31. The Morgan fingerprint density at radius 2 is 1.73 bits per heavy atom. The van der Waals surface area contributed by atoms with Crippen molar-refractivity contribution in [2.75, 3.05) is 13.2 Å². The number of aliphatic hydroxyl groups is 1. The lowest BCUT2D eigenvalue weighted by Gasteiger charge is -2.33. The van der Waals surface area contributed by atoms with E-state index in [9.17, 15) is 5.11 Å². The van der Waals surface area contributed by atoms with Gasteiger partial charge in [0.2, 0.25) is 0 Å². The molecule has 1 saturated heterocycles. The highest BCUT2D eigenvalue weighted by atomic mass is 35.5. The van der Waals surface area contributed by atoms with E-state index in [2.05, 4.69) is 18.2 Å². The van der Waals surface area contributed by atoms with Crippen molar-refractivity contribution in [2.24, 2.45) is 5.73 Å². The van der Waals surface area contributed by atoms with Crippen molar-refractivity contribution in [3.63, 3.8) is 0 Å². The average molecular weight is 436 g/mol. The molecule has 0 aromatic heterocycles. The van der Waals surface area contributed by atoms with Gasteiger partial charge in [0.15, 0.2) is 0 Å².